The van der Waals surface area contributed by atoms with E-state index in [9.17, 15) is 4.79 Å². The maximum atomic E-state index is 10.5. The zero-order chi connectivity index (χ0) is 12.3. The second-order valence-electron chi connectivity index (χ2n) is 4.38. The lowest BCUT2D eigenvalue weighted by molar-refractivity contribution is -0.131. The predicted molar refractivity (Wildman–Crippen MR) is 65.7 cm³/mol. The monoisotopic (exact) mass is 218 g/mol. The molecular formula is C14H18O2. The summed E-state index contributed by atoms with van der Waals surface area (Å²) in [6, 6.07) is 4.27. The van der Waals surface area contributed by atoms with Crippen molar-refractivity contribution in [2.45, 2.75) is 34.1 Å². The number of carboxylic acid groups (broad SMARTS) is 1. The van der Waals surface area contributed by atoms with Gasteiger partial charge in [-0.2, -0.15) is 0 Å². The molecule has 0 aliphatic rings. The first-order valence-corrected chi connectivity index (χ1v) is 5.37. The van der Waals surface area contributed by atoms with Crippen molar-refractivity contribution in [1.29, 1.82) is 0 Å². The van der Waals surface area contributed by atoms with E-state index in [1.54, 1.807) is 0 Å². The number of carbonyl (C=O) groups is 1. The van der Waals surface area contributed by atoms with Crippen LogP contribution in [0.3, 0.4) is 0 Å². The highest BCUT2D eigenvalue weighted by Gasteiger charge is 2.05. The van der Waals surface area contributed by atoms with Gasteiger partial charge in [0, 0.05) is 6.08 Å². The Labute approximate surface area is 96.6 Å². The molecule has 2 nitrogen and oxygen atoms in total. The summed E-state index contributed by atoms with van der Waals surface area (Å²) in [5, 5.41) is 8.67. The zero-order valence-electron chi connectivity index (χ0n) is 10.3. The first-order chi connectivity index (χ1) is 7.40. The Kier molecular flexibility index (Phi) is 3.88. The quantitative estimate of drug-likeness (QED) is 0.791. The van der Waals surface area contributed by atoms with Crippen LogP contribution in [0.2, 0.25) is 0 Å². The Hall–Kier alpha value is -1.57. The molecule has 0 amide bonds. The largest absolute Gasteiger partial charge is 0.478 e. The summed E-state index contributed by atoms with van der Waals surface area (Å²) in [5.74, 6) is -0.875. The standard InChI is InChI=1S/C14H18O2/c1-9-5-11(3)13(12(4)6-9)7-10(2)8-14(15)16/h5-6,8H,7H2,1-4H3,(H,15,16)/b10-8+. The van der Waals surface area contributed by atoms with Gasteiger partial charge in [-0.25, -0.2) is 4.79 Å². The predicted octanol–water partition coefficient (Wildman–Crippen LogP) is 3.19. The molecule has 1 N–H and O–H groups in total. The average Bonchev–Trinajstić information content (AvgIpc) is 2.09. The highest BCUT2D eigenvalue weighted by atomic mass is 16.4. The zero-order valence-corrected chi connectivity index (χ0v) is 10.3. The molecule has 0 bridgehead atoms. The van der Waals surface area contributed by atoms with E-state index in [-0.39, 0.29) is 0 Å². The minimum absolute atomic E-state index is 0.713. The summed E-state index contributed by atoms with van der Waals surface area (Å²) in [6.45, 7) is 8.07. The molecule has 0 aliphatic heterocycles. The molecule has 0 atom stereocenters. The van der Waals surface area contributed by atoms with Crippen LogP contribution in [0, 0.1) is 20.8 Å². The molecule has 0 heterocycles. The van der Waals surface area contributed by atoms with Gasteiger partial charge in [-0.3, -0.25) is 0 Å². The van der Waals surface area contributed by atoms with Crippen molar-refractivity contribution in [3.05, 3.63) is 46.0 Å². The van der Waals surface area contributed by atoms with Gasteiger partial charge < -0.3 is 5.11 Å². The van der Waals surface area contributed by atoms with Crippen LogP contribution in [0.15, 0.2) is 23.8 Å². The van der Waals surface area contributed by atoms with Gasteiger partial charge in [0.2, 0.25) is 0 Å². The average molecular weight is 218 g/mol. The molecule has 16 heavy (non-hydrogen) atoms. The fourth-order valence-electron chi connectivity index (χ4n) is 2.03. The summed E-state index contributed by atoms with van der Waals surface area (Å²) in [4.78, 5) is 10.5. The summed E-state index contributed by atoms with van der Waals surface area (Å²) in [6.07, 6.45) is 1.99. The van der Waals surface area contributed by atoms with E-state index >= 15 is 0 Å². The third kappa shape index (κ3) is 3.23. The number of carboxylic acids is 1. The minimum Gasteiger partial charge on any atom is -0.478 e. The molecule has 0 radical (unpaired) electrons. The van der Waals surface area contributed by atoms with Gasteiger partial charge in [-0.15, -0.1) is 0 Å². The van der Waals surface area contributed by atoms with E-state index in [2.05, 4.69) is 32.9 Å². The van der Waals surface area contributed by atoms with E-state index in [4.69, 9.17) is 5.11 Å². The number of hydrogen-bond donors (Lipinski definition) is 1. The maximum absolute atomic E-state index is 10.5. The molecule has 0 spiro atoms. The molecule has 0 saturated carbocycles. The van der Waals surface area contributed by atoms with Crippen LogP contribution >= 0.6 is 0 Å². The maximum Gasteiger partial charge on any atom is 0.328 e. The van der Waals surface area contributed by atoms with Crippen LogP contribution in [0.4, 0.5) is 0 Å². The van der Waals surface area contributed by atoms with Crippen molar-refractivity contribution in [3.63, 3.8) is 0 Å². The van der Waals surface area contributed by atoms with Crippen molar-refractivity contribution in [2.24, 2.45) is 0 Å². The smallest absolute Gasteiger partial charge is 0.328 e. The van der Waals surface area contributed by atoms with E-state index in [1.165, 1.54) is 28.3 Å². The number of aliphatic carboxylic acids is 1. The Morgan fingerprint density at radius 2 is 1.75 bits per heavy atom. The van der Waals surface area contributed by atoms with Crippen molar-refractivity contribution in [2.75, 3.05) is 0 Å². The van der Waals surface area contributed by atoms with Crippen LogP contribution in [-0.4, -0.2) is 11.1 Å². The van der Waals surface area contributed by atoms with E-state index in [1.807, 2.05) is 6.92 Å². The number of benzene rings is 1. The molecule has 0 aliphatic carbocycles. The van der Waals surface area contributed by atoms with Gasteiger partial charge in [0.25, 0.3) is 0 Å². The Morgan fingerprint density at radius 1 is 1.25 bits per heavy atom. The topological polar surface area (TPSA) is 37.3 Å². The van der Waals surface area contributed by atoms with Crippen LogP contribution in [0.5, 0.6) is 0 Å². The normalized spacial score (nSPS) is 11.6. The molecule has 2 heteroatoms. The third-order valence-electron chi connectivity index (χ3n) is 2.67. The lowest BCUT2D eigenvalue weighted by Crippen LogP contribution is -1.98. The van der Waals surface area contributed by atoms with Gasteiger partial charge in [-0.1, -0.05) is 23.3 Å². The van der Waals surface area contributed by atoms with Crippen molar-refractivity contribution < 1.29 is 9.90 Å². The first kappa shape index (κ1) is 12.5. The fourth-order valence-corrected chi connectivity index (χ4v) is 2.03. The molecule has 1 rings (SSSR count). The number of allylic oxidation sites excluding steroid dienone is 1. The van der Waals surface area contributed by atoms with Gasteiger partial charge in [0.1, 0.15) is 0 Å². The molecule has 86 valence electrons. The summed E-state index contributed by atoms with van der Waals surface area (Å²) < 4.78 is 0. The summed E-state index contributed by atoms with van der Waals surface area (Å²) in [5.41, 5.74) is 5.83. The number of aryl methyl sites for hydroxylation is 3. The summed E-state index contributed by atoms with van der Waals surface area (Å²) >= 11 is 0. The van der Waals surface area contributed by atoms with Crippen LogP contribution in [-0.2, 0) is 11.2 Å². The second-order valence-corrected chi connectivity index (χ2v) is 4.38. The van der Waals surface area contributed by atoms with E-state index in [0.717, 1.165) is 5.57 Å². The lowest BCUT2D eigenvalue weighted by atomic mass is 9.94. The molecule has 1 aromatic carbocycles. The van der Waals surface area contributed by atoms with Gasteiger partial charge in [0.15, 0.2) is 0 Å². The number of hydrogen-bond acceptors (Lipinski definition) is 1. The Bertz CT molecular complexity index is 419. The van der Waals surface area contributed by atoms with Crippen LogP contribution in [0.1, 0.15) is 29.2 Å². The molecule has 0 saturated heterocycles. The highest BCUT2D eigenvalue weighted by Crippen LogP contribution is 2.19. The molecule has 0 aromatic heterocycles. The van der Waals surface area contributed by atoms with E-state index in [0.29, 0.717) is 6.42 Å². The Morgan fingerprint density at radius 3 is 2.19 bits per heavy atom. The third-order valence-corrected chi connectivity index (χ3v) is 2.67. The lowest BCUT2D eigenvalue weighted by Gasteiger charge is -2.11. The van der Waals surface area contributed by atoms with Gasteiger partial charge in [0.05, 0.1) is 0 Å². The van der Waals surface area contributed by atoms with Crippen molar-refractivity contribution >= 4 is 5.97 Å². The molecular weight excluding hydrogens is 200 g/mol. The Balaban J connectivity index is 3.02. The van der Waals surface area contributed by atoms with Crippen LogP contribution < -0.4 is 0 Å². The van der Waals surface area contributed by atoms with Crippen molar-refractivity contribution in [1.82, 2.24) is 0 Å². The fraction of sp³-hybridized carbons (Fsp3) is 0.357. The minimum atomic E-state index is -0.875. The number of rotatable bonds is 3. The molecule has 0 unspecified atom stereocenters. The molecule has 1 aromatic rings. The summed E-state index contributed by atoms with van der Waals surface area (Å²) in [7, 11) is 0. The van der Waals surface area contributed by atoms with Gasteiger partial charge >= 0.3 is 5.97 Å². The van der Waals surface area contributed by atoms with Crippen molar-refractivity contribution in [3.8, 4) is 0 Å². The van der Waals surface area contributed by atoms with Gasteiger partial charge in [-0.05, 0) is 50.8 Å². The highest BCUT2D eigenvalue weighted by molar-refractivity contribution is 5.80. The molecule has 0 fully saturated rings. The SMILES string of the molecule is C/C(=C\C(=O)O)Cc1c(C)cc(C)cc1C. The van der Waals surface area contributed by atoms with E-state index < -0.39 is 5.97 Å². The first-order valence-electron chi connectivity index (χ1n) is 5.37. The van der Waals surface area contributed by atoms with Crippen LogP contribution in [0.25, 0.3) is 0 Å². The second kappa shape index (κ2) is 4.97.